The summed E-state index contributed by atoms with van der Waals surface area (Å²) in [5.74, 6) is 1.40. The zero-order valence-corrected chi connectivity index (χ0v) is 15.0. The minimum atomic E-state index is 0.424. The Balaban J connectivity index is 2.01. The van der Waals surface area contributed by atoms with Gasteiger partial charge < -0.3 is 14.8 Å². The van der Waals surface area contributed by atoms with Crippen molar-refractivity contribution in [1.82, 2.24) is 5.43 Å². The van der Waals surface area contributed by atoms with Crippen LogP contribution in [0.2, 0.25) is 0 Å². The third-order valence-electron chi connectivity index (χ3n) is 3.66. The first-order valence-corrected chi connectivity index (χ1v) is 7.84. The molecule has 2 N–H and O–H groups in total. The van der Waals surface area contributed by atoms with Crippen molar-refractivity contribution >= 4 is 29.2 Å². The van der Waals surface area contributed by atoms with Gasteiger partial charge in [0.25, 0.3) is 0 Å². The van der Waals surface area contributed by atoms with Crippen LogP contribution >= 0.6 is 12.2 Å². The SMILES string of the molecule is COc1ccc(C=NNC(=S)Nc2cccc(C)c2C)c(OC)c1. The van der Waals surface area contributed by atoms with Crippen LogP contribution in [0, 0.1) is 13.8 Å². The molecule has 0 spiro atoms. The molecular weight excluding hydrogens is 322 g/mol. The number of thiocarbonyl (C=S) groups is 1. The number of nitrogens with one attached hydrogen (secondary N) is 2. The molecule has 0 unspecified atom stereocenters. The number of hydrazone groups is 1. The Hall–Kier alpha value is -2.60. The maximum atomic E-state index is 5.32. The van der Waals surface area contributed by atoms with Crippen molar-refractivity contribution in [3.8, 4) is 11.5 Å². The fraction of sp³-hybridized carbons (Fsp3) is 0.222. The number of rotatable bonds is 5. The molecule has 0 bridgehead atoms. The number of ether oxygens (including phenoxy) is 2. The van der Waals surface area contributed by atoms with Crippen LogP contribution in [-0.2, 0) is 0 Å². The second-order valence-electron chi connectivity index (χ2n) is 5.18. The highest BCUT2D eigenvalue weighted by atomic mass is 32.1. The highest BCUT2D eigenvalue weighted by Crippen LogP contribution is 2.23. The van der Waals surface area contributed by atoms with Crippen LogP contribution in [0.5, 0.6) is 11.5 Å². The number of nitrogens with zero attached hydrogens (tertiary/aromatic N) is 1. The molecule has 0 aliphatic carbocycles. The summed E-state index contributed by atoms with van der Waals surface area (Å²) in [6, 6.07) is 11.5. The van der Waals surface area contributed by atoms with E-state index < -0.39 is 0 Å². The normalized spacial score (nSPS) is 10.5. The highest BCUT2D eigenvalue weighted by Gasteiger charge is 2.04. The van der Waals surface area contributed by atoms with Gasteiger partial charge in [0.05, 0.1) is 20.4 Å². The summed E-state index contributed by atoms with van der Waals surface area (Å²) in [6.07, 6.45) is 1.65. The van der Waals surface area contributed by atoms with Crippen molar-refractivity contribution in [3.63, 3.8) is 0 Å². The molecule has 0 aliphatic heterocycles. The van der Waals surface area contributed by atoms with Gasteiger partial charge >= 0.3 is 0 Å². The Morgan fingerprint density at radius 2 is 1.92 bits per heavy atom. The minimum absolute atomic E-state index is 0.424. The van der Waals surface area contributed by atoms with Crippen LogP contribution in [-0.4, -0.2) is 25.5 Å². The molecule has 6 heteroatoms. The largest absolute Gasteiger partial charge is 0.497 e. The molecule has 2 aromatic carbocycles. The highest BCUT2D eigenvalue weighted by molar-refractivity contribution is 7.80. The van der Waals surface area contributed by atoms with Crippen molar-refractivity contribution < 1.29 is 9.47 Å². The maximum Gasteiger partial charge on any atom is 0.191 e. The summed E-state index contributed by atoms with van der Waals surface area (Å²) in [6.45, 7) is 4.11. The molecular formula is C18H21N3O2S. The Bertz CT molecular complexity index is 760. The summed E-state index contributed by atoms with van der Waals surface area (Å²) in [5.41, 5.74) is 6.95. The van der Waals surface area contributed by atoms with Gasteiger partial charge in [-0.1, -0.05) is 12.1 Å². The van der Waals surface area contributed by atoms with Gasteiger partial charge in [-0.2, -0.15) is 5.10 Å². The number of benzene rings is 2. The summed E-state index contributed by atoms with van der Waals surface area (Å²) < 4.78 is 10.5. The molecule has 126 valence electrons. The van der Waals surface area contributed by atoms with E-state index in [0.717, 1.165) is 22.6 Å². The van der Waals surface area contributed by atoms with Crippen molar-refractivity contribution in [2.75, 3.05) is 19.5 Å². The molecule has 0 heterocycles. The molecule has 5 nitrogen and oxygen atoms in total. The number of hydrogen-bond donors (Lipinski definition) is 2. The van der Waals surface area contributed by atoms with Crippen molar-refractivity contribution in [2.45, 2.75) is 13.8 Å². The maximum absolute atomic E-state index is 5.32. The average Bonchev–Trinajstić information content (AvgIpc) is 2.59. The van der Waals surface area contributed by atoms with E-state index in [1.165, 1.54) is 5.56 Å². The second kappa shape index (κ2) is 8.31. The quantitative estimate of drug-likeness (QED) is 0.493. The number of methoxy groups -OCH3 is 2. The van der Waals surface area contributed by atoms with Gasteiger partial charge in [-0.05, 0) is 55.4 Å². The van der Waals surface area contributed by atoms with E-state index in [0.29, 0.717) is 10.9 Å². The average molecular weight is 343 g/mol. The fourth-order valence-electron chi connectivity index (χ4n) is 2.12. The molecule has 0 aromatic heterocycles. The molecule has 24 heavy (non-hydrogen) atoms. The first-order valence-electron chi connectivity index (χ1n) is 7.43. The van der Waals surface area contributed by atoms with Crippen LogP contribution < -0.4 is 20.2 Å². The minimum Gasteiger partial charge on any atom is -0.497 e. The van der Waals surface area contributed by atoms with Crippen LogP contribution in [0.15, 0.2) is 41.5 Å². The second-order valence-corrected chi connectivity index (χ2v) is 5.59. The molecule has 0 amide bonds. The first kappa shape index (κ1) is 17.7. The number of aryl methyl sites for hydroxylation is 1. The third-order valence-corrected chi connectivity index (χ3v) is 3.86. The zero-order chi connectivity index (χ0) is 17.5. The van der Waals surface area contributed by atoms with Gasteiger partial charge in [0.2, 0.25) is 0 Å². The first-order chi connectivity index (χ1) is 11.5. The van der Waals surface area contributed by atoms with Gasteiger partial charge in [0.15, 0.2) is 5.11 Å². The molecule has 2 rings (SSSR count). The van der Waals surface area contributed by atoms with E-state index in [-0.39, 0.29) is 0 Å². The Morgan fingerprint density at radius 1 is 1.12 bits per heavy atom. The van der Waals surface area contributed by atoms with E-state index >= 15 is 0 Å². The lowest BCUT2D eigenvalue weighted by atomic mass is 10.1. The monoisotopic (exact) mass is 343 g/mol. The van der Waals surface area contributed by atoms with E-state index in [1.54, 1.807) is 26.5 Å². The van der Waals surface area contributed by atoms with E-state index in [4.69, 9.17) is 21.7 Å². The van der Waals surface area contributed by atoms with E-state index in [1.807, 2.05) is 31.2 Å². The van der Waals surface area contributed by atoms with Gasteiger partial charge in [0, 0.05) is 17.3 Å². The lowest BCUT2D eigenvalue weighted by Gasteiger charge is -2.11. The molecule has 2 aromatic rings. The predicted octanol–water partition coefficient (Wildman–Crippen LogP) is 3.64. The molecule has 0 atom stereocenters. The Kier molecular flexibility index (Phi) is 6.14. The van der Waals surface area contributed by atoms with E-state index in [9.17, 15) is 0 Å². The molecule has 0 fully saturated rings. The fourth-order valence-corrected chi connectivity index (χ4v) is 2.28. The van der Waals surface area contributed by atoms with Crippen molar-refractivity contribution in [3.05, 3.63) is 53.1 Å². The van der Waals surface area contributed by atoms with E-state index in [2.05, 4.69) is 28.8 Å². The number of hydrogen-bond acceptors (Lipinski definition) is 4. The molecule has 0 radical (unpaired) electrons. The summed E-state index contributed by atoms with van der Waals surface area (Å²) >= 11 is 5.27. The van der Waals surface area contributed by atoms with Gasteiger partial charge in [0.1, 0.15) is 11.5 Å². The third kappa shape index (κ3) is 4.45. The summed E-state index contributed by atoms with van der Waals surface area (Å²) in [5, 5.41) is 7.72. The molecule has 0 aliphatic rings. The van der Waals surface area contributed by atoms with Crippen LogP contribution in [0.3, 0.4) is 0 Å². The van der Waals surface area contributed by atoms with Gasteiger partial charge in [-0.15, -0.1) is 0 Å². The van der Waals surface area contributed by atoms with Crippen molar-refractivity contribution in [1.29, 1.82) is 0 Å². The Morgan fingerprint density at radius 3 is 2.62 bits per heavy atom. The van der Waals surface area contributed by atoms with Crippen molar-refractivity contribution in [2.24, 2.45) is 5.10 Å². The topological polar surface area (TPSA) is 54.9 Å². The molecule has 0 saturated heterocycles. The number of anilines is 1. The standard InChI is InChI=1S/C18H21N3O2S/c1-12-6-5-7-16(13(12)2)20-18(24)21-19-11-14-8-9-15(22-3)10-17(14)23-4/h5-11H,1-4H3,(H2,20,21,24). The summed E-state index contributed by atoms with van der Waals surface area (Å²) in [7, 11) is 3.22. The predicted molar refractivity (Wildman–Crippen MR) is 102 cm³/mol. The van der Waals surface area contributed by atoms with Crippen LogP contribution in [0.1, 0.15) is 16.7 Å². The lowest BCUT2D eigenvalue weighted by Crippen LogP contribution is -2.24. The zero-order valence-electron chi connectivity index (χ0n) is 14.2. The van der Waals surface area contributed by atoms with Gasteiger partial charge in [-0.25, -0.2) is 0 Å². The smallest absolute Gasteiger partial charge is 0.191 e. The van der Waals surface area contributed by atoms with Gasteiger partial charge in [-0.3, -0.25) is 5.43 Å². The Labute approximate surface area is 147 Å². The van der Waals surface area contributed by atoms with Crippen LogP contribution in [0.25, 0.3) is 0 Å². The molecule has 0 saturated carbocycles. The summed E-state index contributed by atoms with van der Waals surface area (Å²) in [4.78, 5) is 0. The van der Waals surface area contributed by atoms with Crippen LogP contribution in [0.4, 0.5) is 5.69 Å². The lowest BCUT2D eigenvalue weighted by molar-refractivity contribution is 0.394.